The van der Waals surface area contributed by atoms with Crippen LogP contribution >= 0.6 is 0 Å². The average molecular weight is 335 g/mol. The third-order valence-corrected chi connectivity index (χ3v) is 4.87. The molecule has 2 aromatic rings. The molecule has 1 heterocycles. The summed E-state index contributed by atoms with van der Waals surface area (Å²) in [6.45, 7) is 9.12. The lowest BCUT2D eigenvalue weighted by atomic mass is 10.1. The van der Waals surface area contributed by atoms with Gasteiger partial charge in [-0.25, -0.2) is 8.42 Å². The first-order valence-electron chi connectivity index (χ1n) is 7.65. The maximum Gasteiger partial charge on any atom is 0.175 e. The number of nitrogens with one attached hydrogen (secondary N) is 1. The van der Waals surface area contributed by atoms with E-state index in [-0.39, 0.29) is 11.6 Å². The predicted octanol–water partition coefficient (Wildman–Crippen LogP) is 2.89. The van der Waals surface area contributed by atoms with Gasteiger partial charge in [-0.1, -0.05) is 12.1 Å². The molecule has 23 heavy (non-hydrogen) atoms. The fraction of sp³-hybridized carbons (Fsp3) is 0.471. The van der Waals surface area contributed by atoms with Gasteiger partial charge in [-0.15, -0.1) is 0 Å². The molecule has 0 aliphatic rings. The van der Waals surface area contributed by atoms with E-state index in [1.165, 1.54) is 6.26 Å². The Labute approximate surface area is 138 Å². The zero-order valence-electron chi connectivity index (χ0n) is 14.4. The van der Waals surface area contributed by atoms with Crippen molar-refractivity contribution in [3.05, 3.63) is 47.8 Å². The van der Waals surface area contributed by atoms with Crippen molar-refractivity contribution >= 4 is 9.84 Å². The molecule has 0 spiro atoms. The third-order valence-electron chi connectivity index (χ3n) is 3.74. The molecule has 0 radical (unpaired) electrons. The molecule has 6 heteroatoms. The Morgan fingerprint density at radius 1 is 1.22 bits per heavy atom. The van der Waals surface area contributed by atoms with E-state index in [4.69, 9.17) is 0 Å². The SMILES string of the molecule is C[C@@H](NCc1cnn(C(C)(C)C)c1)c1ccc(S(C)(=O)=O)cc1. The molecule has 0 fully saturated rings. The fourth-order valence-corrected chi connectivity index (χ4v) is 2.84. The van der Waals surface area contributed by atoms with Gasteiger partial charge in [0.2, 0.25) is 0 Å². The number of sulfone groups is 1. The molecule has 126 valence electrons. The van der Waals surface area contributed by atoms with Crippen molar-refractivity contribution in [2.45, 2.75) is 50.7 Å². The van der Waals surface area contributed by atoms with Crippen molar-refractivity contribution < 1.29 is 8.42 Å². The van der Waals surface area contributed by atoms with Crippen LogP contribution in [-0.2, 0) is 21.9 Å². The number of rotatable bonds is 5. The molecule has 0 bridgehead atoms. The summed E-state index contributed by atoms with van der Waals surface area (Å²) < 4.78 is 24.9. The standard InChI is InChI=1S/C17H25N3O2S/c1-13(15-6-8-16(9-7-15)23(5,21)22)18-10-14-11-19-20(12-14)17(2,3)4/h6-9,11-13,18H,10H2,1-5H3/t13-/m1/s1. The second kappa shape index (κ2) is 6.45. The van der Waals surface area contributed by atoms with E-state index in [0.717, 1.165) is 11.1 Å². The summed E-state index contributed by atoms with van der Waals surface area (Å²) >= 11 is 0. The molecule has 2 rings (SSSR count). The smallest absolute Gasteiger partial charge is 0.175 e. The minimum absolute atomic E-state index is 0.0225. The zero-order valence-corrected chi connectivity index (χ0v) is 15.2. The topological polar surface area (TPSA) is 64.0 Å². The first kappa shape index (κ1) is 17.7. The maximum absolute atomic E-state index is 11.5. The lowest BCUT2D eigenvalue weighted by Crippen LogP contribution is -2.22. The van der Waals surface area contributed by atoms with Gasteiger partial charge in [0.05, 0.1) is 16.6 Å². The van der Waals surface area contributed by atoms with Gasteiger partial charge in [-0.3, -0.25) is 4.68 Å². The highest BCUT2D eigenvalue weighted by molar-refractivity contribution is 7.90. The second-order valence-electron chi connectivity index (χ2n) is 6.91. The summed E-state index contributed by atoms with van der Waals surface area (Å²) in [5, 5.41) is 7.82. The minimum Gasteiger partial charge on any atom is -0.306 e. The van der Waals surface area contributed by atoms with Crippen LogP contribution in [0.5, 0.6) is 0 Å². The van der Waals surface area contributed by atoms with Crippen LogP contribution in [0.15, 0.2) is 41.6 Å². The number of benzene rings is 1. The van der Waals surface area contributed by atoms with Gasteiger partial charge in [0, 0.05) is 30.6 Å². The van der Waals surface area contributed by atoms with Crippen LogP contribution < -0.4 is 5.32 Å². The Morgan fingerprint density at radius 2 is 1.83 bits per heavy atom. The van der Waals surface area contributed by atoms with E-state index >= 15 is 0 Å². The molecule has 0 aliphatic carbocycles. The largest absolute Gasteiger partial charge is 0.306 e. The first-order valence-corrected chi connectivity index (χ1v) is 9.54. The van der Waals surface area contributed by atoms with Crippen LogP contribution in [-0.4, -0.2) is 24.5 Å². The Kier molecular flexibility index (Phi) is 4.96. The number of aromatic nitrogens is 2. The van der Waals surface area contributed by atoms with Gasteiger partial charge < -0.3 is 5.32 Å². The van der Waals surface area contributed by atoms with Crippen LogP contribution in [0.4, 0.5) is 0 Å². The molecule has 5 nitrogen and oxygen atoms in total. The monoisotopic (exact) mass is 335 g/mol. The fourth-order valence-electron chi connectivity index (χ4n) is 2.21. The summed E-state index contributed by atoms with van der Waals surface area (Å²) in [6, 6.07) is 7.14. The van der Waals surface area contributed by atoms with E-state index in [2.05, 4.69) is 38.1 Å². The van der Waals surface area contributed by atoms with Crippen molar-refractivity contribution in [2.75, 3.05) is 6.26 Å². The van der Waals surface area contributed by atoms with Crippen molar-refractivity contribution in [3.63, 3.8) is 0 Å². The molecular weight excluding hydrogens is 310 g/mol. The predicted molar refractivity (Wildman–Crippen MR) is 92.0 cm³/mol. The van der Waals surface area contributed by atoms with Crippen molar-refractivity contribution in [1.82, 2.24) is 15.1 Å². The zero-order chi connectivity index (χ0) is 17.3. The summed E-state index contributed by atoms with van der Waals surface area (Å²) in [6.07, 6.45) is 5.14. The van der Waals surface area contributed by atoms with Gasteiger partial charge in [0.15, 0.2) is 9.84 Å². The lowest BCUT2D eigenvalue weighted by molar-refractivity contribution is 0.355. The van der Waals surface area contributed by atoms with Gasteiger partial charge in [-0.2, -0.15) is 5.10 Å². The number of nitrogens with zero attached hydrogens (tertiary/aromatic N) is 2. The number of hydrogen-bond acceptors (Lipinski definition) is 4. The Bertz CT molecular complexity index is 756. The van der Waals surface area contributed by atoms with Crippen molar-refractivity contribution in [2.24, 2.45) is 0 Å². The van der Waals surface area contributed by atoms with Gasteiger partial charge in [-0.05, 0) is 45.4 Å². The van der Waals surface area contributed by atoms with Crippen molar-refractivity contribution in [1.29, 1.82) is 0 Å². The molecule has 1 N–H and O–H groups in total. The molecular formula is C17H25N3O2S. The minimum atomic E-state index is -3.14. The van der Waals surface area contributed by atoms with Crippen LogP contribution in [0.1, 0.15) is 44.9 Å². The maximum atomic E-state index is 11.5. The van der Waals surface area contributed by atoms with E-state index in [1.807, 2.05) is 29.2 Å². The van der Waals surface area contributed by atoms with Crippen LogP contribution in [0, 0.1) is 0 Å². The van der Waals surface area contributed by atoms with Crippen LogP contribution in [0.25, 0.3) is 0 Å². The summed E-state index contributed by atoms with van der Waals surface area (Å²) in [5.41, 5.74) is 2.16. The van der Waals surface area contributed by atoms with E-state index in [0.29, 0.717) is 11.4 Å². The summed E-state index contributed by atoms with van der Waals surface area (Å²) in [7, 11) is -3.14. The summed E-state index contributed by atoms with van der Waals surface area (Å²) in [5.74, 6) is 0. The van der Waals surface area contributed by atoms with Crippen LogP contribution in [0.2, 0.25) is 0 Å². The molecule has 0 saturated carbocycles. The molecule has 0 saturated heterocycles. The second-order valence-corrected chi connectivity index (χ2v) is 8.92. The molecule has 1 aromatic carbocycles. The Hall–Kier alpha value is -1.66. The van der Waals surface area contributed by atoms with Crippen molar-refractivity contribution in [3.8, 4) is 0 Å². The first-order chi connectivity index (χ1) is 10.6. The third kappa shape index (κ3) is 4.65. The van der Waals surface area contributed by atoms with Gasteiger partial charge in [0.25, 0.3) is 0 Å². The van der Waals surface area contributed by atoms with E-state index in [9.17, 15) is 8.42 Å². The van der Waals surface area contributed by atoms with Crippen LogP contribution in [0.3, 0.4) is 0 Å². The molecule has 1 atom stereocenters. The highest BCUT2D eigenvalue weighted by Crippen LogP contribution is 2.17. The highest BCUT2D eigenvalue weighted by atomic mass is 32.2. The molecule has 0 unspecified atom stereocenters. The highest BCUT2D eigenvalue weighted by Gasteiger charge is 2.14. The molecule has 1 aromatic heterocycles. The van der Waals surface area contributed by atoms with E-state index in [1.54, 1.807) is 12.1 Å². The Morgan fingerprint density at radius 3 is 2.30 bits per heavy atom. The lowest BCUT2D eigenvalue weighted by Gasteiger charge is -2.18. The number of hydrogen-bond donors (Lipinski definition) is 1. The van der Waals surface area contributed by atoms with Gasteiger partial charge in [0.1, 0.15) is 0 Å². The van der Waals surface area contributed by atoms with E-state index < -0.39 is 9.84 Å². The Balaban J connectivity index is 1.99. The van der Waals surface area contributed by atoms with Gasteiger partial charge >= 0.3 is 0 Å². The quantitative estimate of drug-likeness (QED) is 0.912. The normalized spacial score (nSPS) is 14.0. The summed E-state index contributed by atoms with van der Waals surface area (Å²) in [4.78, 5) is 0.347. The molecule has 0 aliphatic heterocycles. The average Bonchev–Trinajstić information content (AvgIpc) is 2.93. The molecule has 0 amide bonds.